The van der Waals surface area contributed by atoms with Crippen LogP contribution in [0.25, 0.3) is 10.9 Å². The number of nitrogens with one attached hydrogen (secondary N) is 1. The van der Waals surface area contributed by atoms with Crippen LogP contribution >= 0.6 is 0 Å². The molecule has 0 unspecified atom stereocenters. The van der Waals surface area contributed by atoms with Gasteiger partial charge < -0.3 is 10.2 Å². The van der Waals surface area contributed by atoms with Gasteiger partial charge in [-0.15, -0.1) is 0 Å². The van der Waals surface area contributed by atoms with Gasteiger partial charge in [-0.1, -0.05) is 12.1 Å². The number of aryl methyl sites for hydroxylation is 1. The lowest BCUT2D eigenvalue weighted by Gasteiger charge is -2.09. The lowest BCUT2D eigenvalue weighted by molar-refractivity contribution is 0.419. The van der Waals surface area contributed by atoms with Gasteiger partial charge in [0.1, 0.15) is 11.3 Å². The van der Waals surface area contributed by atoms with Gasteiger partial charge in [-0.2, -0.15) is 0 Å². The van der Waals surface area contributed by atoms with Crippen LogP contribution in [0, 0.1) is 6.92 Å². The van der Waals surface area contributed by atoms with E-state index < -0.39 is 0 Å². The fourth-order valence-electron chi connectivity index (χ4n) is 1.63. The molecule has 0 saturated carbocycles. The van der Waals surface area contributed by atoms with E-state index in [0.717, 1.165) is 28.0 Å². The number of hydrazine groups is 1. The van der Waals surface area contributed by atoms with Gasteiger partial charge >= 0.3 is 0 Å². The van der Waals surface area contributed by atoms with Crippen molar-refractivity contribution in [3.05, 3.63) is 30.0 Å². The van der Waals surface area contributed by atoms with Crippen molar-refractivity contribution >= 4 is 16.6 Å². The zero-order valence-corrected chi connectivity index (χ0v) is 8.74. The van der Waals surface area contributed by atoms with Crippen LogP contribution in [0.15, 0.2) is 24.3 Å². The highest BCUT2D eigenvalue weighted by atomic mass is 16.5. The molecule has 3 N–H and O–H groups in total. The molecule has 0 fully saturated rings. The van der Waals surface area contributed by atoms with Crippen molar-refractivity contribution in [3.8, 4) is 5.75 Å². The highest BCUT2D eigenvalue weighted by Gasteiger charge is 2.06. The predicted molar refractivity (Wildman–Crippen MR) is 60.8 cm³/mol. The quantitative estimate of drug-likeness (QED) is 0.577. The highest BCUT2D eigenvalue weighted by molar-refractivity contribution is 5.94. The first-order valence-corrected chi connectivity index (χ1v) is 4.67. The Morgan fingerprint density at radius 1 is 1.40 bits per heavy atom. The van der Waals surface area contributed by atoms with Gasteiger partial charge in [0.25, 0.3) is 0 Å². The standard InChI is InChI=1S/C11H13N3O/c1-7-6-9(14-12)8-4-3-5-10(15-2)11(8)13-7/h3-6H,12H2,1-2H3,(H,13,14). The number of nitrogen functional groups attached to an aromatic ring is 1. The van der Waals surface area contributed by atoms with E-state index in [1.54, 1.807) is 7.11 Å². The van der Waals surface area contributed by atoms with Crippen LogP contribution < -0.4 is 16.0 Å². The topological polar surface area (TPSA) is 60.2 Å². The Bertz CT molecular complexity index is 496. The molecule has 0 amide bonds. The molecule has 15 heavy (non-hydrogen) atoms. The molecule has 4 heteroatoms. The molecule has 0 saturated heterocycles. The smallest absolute Gasteiger partial charge is 0.145 e. The number of benzene rings is 1. The number of hydrogen-bond donors (Lipinski definition) is 2. The summed E-state index contributed by atoms with van der Waals surface area (Å²) in [6.07, 6.45) is 0. The second kappa shape index (κ2) is 3.74. The molecule has 0 aliphatic rings. The number of pyridine rings is 1. The molecule has 0 atom stereocenters. The Morgan fingerprint density at radius 2 is 2.20 bits per heavy atom. The number of para-hydroxylation sites is 1. The van der Waals surface area contributed by atoms with Crippen LogP contribution in [0.4, 0.5) is 5.69 Å². The SMILES string of the molecule is COc1cccc2c(NN)cc(C)nc12. The van der Waals surface area contributed by atoms with Gasteiger partial charge in [-0.3, -0.25) is 5.84 Å². The summed E-state index contributed by atoms with van der Waals surface area (Å²) in [7, 11) is 1.63. The van der Waals surface area contributed by atoms with Crippen molar-refractivity contribution in [2.24, 2.45) is 5.84 Å². The molecular weight excluding hydrogens is 190 g/mol. The number of aromatic nitrogens is 1. The predicted octanol–water partition coefficient (Wildman–Crippen LogP) is 1.84. The second-order valence-electron chi connectivity index (χ2n) is 3.31. The average Bonchev–Trinajstić information content (AvgIpc) is 2.27. The number of fused-ring (bicyclic) bond motifs is 1. The van der Waals surface area contributed by atoms with Crippen LogP contribution in [0.3, 0.4) is 0 Å². The van der Waals surface area contributed by atoms with E-state index in [-0.39, 0.29) is 0 Å². The molecule has 4 nitrogen and oxygen atoms in total. The van der Waals surface area contributed by atoms with E-state index >= 15 is 0 Å². The lowest BCUT2D eigenvalue weighted by atomic mass is 10.1. The van der Waals surface area contributed by atoms with Crippen molar-refractivity contribution < 1.29 is 4.74 Å². The Hall–Kier alpha value is -1.81. The summed E-state index contributed by atoms with van der Waals surface area (Å²) in [5.41, 5.74) is 5.25. The Morgan fingerprint density at radius 3 is 2.87 bits per heavy atom. The molecule has 1 aromatic heterocycles. The van der Waals surface area contributed by atoms with Gasteiger partial charge in [-0.25, -0.2) is 4.98 Å². The third-order valence-electron chi connectivity index (χ3n) is 2.31. The molecule has 0 bridgehead atoms. The number of nitrogens with two attached hydrogens (primary N) is 1. The normalized spacial score (nSPS) is 10.3. The Balaban J connectivity index is 2.82. The molecule has 1 heterocycles. The van der Waals surface area contributed by atoms with Crippen LogP contribution in [0.1, 0.15) is 5.69 Å². The summed E-state index contributed by atoms with van der Waals surface area (Å²) >= 11 is 0. The third kappa shape index (κ3) is 1.59. The van der Waals surface area contributed by atoms with Crippen LogP contribution in [0.2, 0.25) is 0 Å². The van der Waals surface area contributed by atoms with Crippen LogP contribution in [0.5, 0.6) is 5.75 Å². The molecular formula is C11H13N3O. The monoisotopic (exact) mass is 203 g/mol. The van der Waals surface area contributed by atoms with Gasteiger partial charge in [-0.05, 0) is 19.1 Å². The van der Waals surface area contributed by atoms with E-state index in [9.17, 15) is 0 Å². The maximum atomic E-state index is 5.46. The third-order valence-corrected chi connectivity index (χ3v) is 2.31. The second-order valence-corrected chi connectivity index (χ2v) is 3.31. The minimum Gasteiger partial charge on any atom is -0.494 e. The van der Waals surface area contributed by atoms with Crippen molar-refractivity contribution in [2.45, 2.75) is 6.92 Å². The van der Waals surface area contributed by atoms with Gasteiger partial charge in [0, 0.05) is 11.1 Å². The van der Waals surface area contributed by atoms with E-state index in [1.807, 2.05) is 31.2 Å². The molecule has 78 valence electrons. The maximum Gasteiger partial charge on any atom is 0.145 e. The number of methoxy groups -OCH3 is 1. The van der Waals surface area contributed by atoms with E-state index in [4.69, 9.17) is 10.6 Å². The Kier molecular flexibility index (Phi) is 2.43. The summed E-state index contributed by atoms with van der Waals surface area (Å²) in [6.45, 7) is 1.92. The van der Waals surface area contributed by atoms with Gasteiger partial charge in [0.15, 0.2) is 0 Å². The van der Waals surface area contributed by atoms with E-state index in [1.165, 1.54) is 0 Å². The first-order valence-electron chi connectivity index (χ1n) is 4.67. The molecule has 2 rings (SSSR count). The van der Waals surface area contributed by atoms with E-state index in [2.05, 4.69) is 10.4 Å². The van der Waals surface area contributed by atoms with Crippen LogP contribution in [-0.2, 0) is 0 Å². The molecule has 0 aliphatic carbocycles. The van der Waals surface area contributed by atoms with Gasteiger partial charge in [0.2, 0.25) is 0 Å². The molecule has 0 aliphatic heterocycles. The number of ether oxygens (including phenoxy) is 1. The highest BCUT2D eigenvalue weighted by Crippen LogP contribution is 2.29. The van der Waals surface area contributed by atoms with Crippen LogP contribution in [-0.4, -0.2) is 12.1 Å². The largest absolute Gasteiger partial charge is 0.494 e. The van der Waals surface area contributed by atoms with Crippen molar-refractivity contribution in [1.82, 2.24) is 4.98 Å². The summed E-state index contributed by atoms with van der Waals surface area (Å²) in [5.74, 6) is 6.21. The van der Waals surface area contributed by atoms with Crippen molar-refractivity contribution in [1.29, 1.82) is 0 Å². The Labute approximate surface area is 88.0 Å². The number of hydrogen-bond acceptors (Lipinski definition) is 4. The average molecular weight is 203 g/mol. The zero-order valence-electron chi connectivity index (χ0n) is 8.74. The minimum absolute atomic E-state index is 0.757. The number of nitrogens with zero attached hydrogens (tertiary/aromatic N) is 1. The lowest BCUT2D eigenvalue weighted by Crippen LogP contribution is -2.08. The van der Waals surface area contributed by atoms with Crippen molar-refractivity contribution in [2.75, 3.05) is 12.5 Å². The fraction of sp³-hybridized carbons (Fsp3) is 0.182. The molecule has 1 aromatic carbocycles. The first-order chi connectivity index (χ1) is 7.26. The fourth-order valence-corrected chi connectivity index (χ4v) is 1.63. The van der Waals surface area contributed by atoms with Crippen molar-refractivity contribution in [3.63, 3.8) is 0 Å². The zero-order chi connectivity index (χ0) is 10.8. The summed E-state index contributed by atoms with van der Waals surface area (Å²) in [6, 6.07) is 7.66. The molecule has 2 aromatic rings. The molecule has 0 radical (unpaired) electrons. The van der Waals surface area contributed by atoms with E-state index in [0.29, 0.717) is 0 Å². The number of anilines is 1. The summed E-state index contributed by atoms with van der Waals surface area (Å²) < 4.78 is 5.25. The summed E-state index contributed by atoms with van der Waals surface area (Å²) in [5, 5.41) is 0.961. The molecule has 0 spiro atoms. The summed E-state index contributed by atoms with van der Waals surface area (Å²) in [4.78, 5) is 4.43. The first kappa shape index (κ1) is 9.73. The van der Waals surface area contributed by atoms with Gasteiger partial charge in [0.05, 0.1) is 12.8 Å². The minimum atomic E-state index is 0.757. The maximum absolute atomic E-state index is 5.46. The number of rotatable bonds is 2.